The fourth-order valence-electron chi connectivity index (χ4n) is 4.95. The van der Waals surface area contributed by atoms with E-state index in [1.165, 1.54) is 28.1 Å². The minimum atomic E-state index is -3.74. The van der Waals surface area contributed by atoms with Gasteiger partial charge in [-0.25, -0.2) is 8.42 Å². The summed E-state index contributed by atoms with van der Waals surface area (Å²) in [5.74, 6) is -0.357. The monoisotopic (exact) mass is 539 g/mol. The highest BCUT2D eigenvalue weighted by atomic mass is 32.2. The lowest BCUT2D eigenvalue weighted by molar-refractivity contribution is -0.120. The first-order chi connectivity index (χ1) is 18.0. The molecular formula is C29H37N3O5S. The third kappa shape index (κ3) is 6.51. The standard InChI is InChI=1S/C29H37N3O5S/c1-5-26(33)31-27-18-22-15-17-32(19-25(22)37-27)38(35,36)24-12-8-21(9-13-24)28(34)30-16-14-20-6-10-23(11-7-20)29(2,3)4/h5-13,22,25,27H,1,14-19H2,2-4H3,(H,30,34)(H,31,33). The fraction of sp³-hybridized carbons (Fsp3) is 0.448. The number of fused-ring (bicyclic) bond motifs is 1. The Labute approximate surface area is 225 Å². The predicted molar refractivity (Wildman–Crippen MR) is 146 cm³/mol. The van der Waals surface area contributed by atoms with E-state index in [0.29, 0.717) is 37.9 Å². The van der Waals surface area contributed by atoms with Crippen LogP contribution in [0, 0.1) is 5.92 Å². The van der Waals surface area contributed by atoms with E-state index >= 15 is 0 Å². The Balaban J connectivity index is 1.30. The molecule has 0 bridgehead atoms. The van der Waals surface area contributed by atoms with E-state index in [1.807, 2.05) is 0 Å². The molecule has 3 unspecified atom stereocenters. The van der Waals surface area contributed by atoms with Gasteiger partial charge in [-0.15, -0.1) is 0 Å². The second-order valence-corrected chi connectivity index (χ2v) is 12.9. The number of carbonyl (C=O) groups is 2. The highest BCUT2D eigenvalue weighted by Gasteiger charge is 2.42. The van der Waals surface area contributed by atoms with Gasteiger partial charge in [-0.05, 0) is 72.1 Å². The van der Waals surface area contributed by atoms with E-state index in [9.17, 15) is 18.0 Å². The minimum absolute atomic E-state index is 0.0978. The lowest BCUT2D eigenvalue weighted by atomic mass is 9.86. The highest BCUT2D eigenvalue weighted by molar-refractivity contribution is 7.89. The maximum Gasteiger partial charge on any atom is 0.251 e. The SMILES string of the molecule is C=CC(=O)NC1CC2CCN(S(=O)(=O)c3ccc(C(=O)NCCc4ccc(C(C)(C)C)cc4)cc3)CC2O1. The van der Waals surface area contributed by atoms with Gasteiger partial charge in [0.15, 0.2) is 0 Å². The summed E-state index contributed by atoms with van der Waals surface area (Å²) >= 11 is 0. The number of ether oxygens (including phenoxy) is 1. The van der Waals surface area contributed by atoms with Crippen LogP contribution in [0.5, 0.6) is 0 Å². The Morgan fingerprint density at radius 2 is 1.79 bits per heavy atom. The van der Waals surface area contributed by atoms with Crippen molar-refractivity contribution in [3.05, 3.63) is 77.9 Å². The van der Waals surface area contributed by atoms with Gasteiger partial charge in [-0.2, -0.15) is 4.31 Å². The largest absolute Gasteiger partial charge is 0.354 e. The summed E-state index contributed by atoms with van der Waals surface area (Å²) in [6, 6.07) is 14.5. The summed E-state index contributed by atoms with van der Waals surface area (Å²) in [7, 11) is -3.74. The van der Waals surface area contributed by atoms with Crippen molar-refractivity contribution < 1.29 is 22.7 Å². The molecule has 2 aromatic rings. The lowest BCUT2D eigenvalue weighted by Gasteiger charge is -2.33. The van der Waals surface area contributed by atoms with Crippen molar-refractivity contribution in [2.45, 2.75) is 62.7 Å². The first-order valence-electron chi connectivity index (χ1n) is 13.0. The highest BCUT2D eigenvalue weighted by Crippen LogP contribution is 2.34. The molecule has 2 fully saturated rings. The van der Waals surface area contributed by atoms with E-state index in [4.69, 9.17) is 4.74 Å². The topological polar surface area (TPSA) is 105 Å². The van der Waals surface area contributed by atoms with Gasteiger partial charge >= 0.3 is 0 Å². The average Bonchev–Trinajstić information content (AvgIpc) is 3.30. The zero-order valence-electron chi connectivity index (χ0n) is 22.3. The molecule has 2 aromatic carbocycles. The van der Waals surface area contributed by atoms with Crippen LogP contribution in [0.1, 0.15) is 55.1 Å². The molecule has 3 atom stereocenters. The molecule has 204 valence electrons. The van der Waals surface area contributed by atoms with Gasteiger partial charge < -0.3 is 15.4 Å². The molecule has 0 aromatic heterocycles. The van der Waals surface area contributed by atoms with Gasteiger partial charge in [0.05, 0.1) is 11.0 Å². The van der Waals surface area contributed by atoms with Gasteiger partial charge in [0.25, 0.3) is 5.91 Å². The third-order valence-electron chi connectivity index (χ3n) is 7.28. The zero-order chi connectivity index (χ0) is 27.5. The van der Waals surface area contributed by atoms with Crippen LogP contribution in [-0.4, -0.2) is 56.5 Å². The van der Waals surface area contributed by atoms with Gasteiger partial charge in [-0.1, -0.05) is 51.6 Å². The van der Waals surface area contributed by atoms with Crippen LogP contribution >= 0.6 is 0 Å². The smallest absolute Gasteiger partial charge is 0.251 e. The van der Waals surface area contributed by atoms with Crippen molar-refractivity contribution in [3.63, 3.8) is 0 Å². The van der Waals surface area contributed by atoms with Crippen molar-refractivity contribution in [1.29, 1.82) is 0 Å². The van der Waals surface area contributed by atoms with Gasteiger partial charge in [0.2, 0.25) is 15.9 Å². The molecule has 0 saturated carbocycles. The summed E-state index contributed by atoms with van der Waals surface area (Å²) in [5.41, 5.74) is 2.91. The lowest BCUT2D eigenvalue weighted by Crippen LogP contribution is -2.45. The molecular weight excluding hydrogens is 502 g/mol. The number of benzene rings is 2. The zero-order valence-corrected chi connectivity index (χ0v) is 23.1. The van der Waals surface area contributed by atoms with Crippen molar-refractivity contribution >= 4 is 21.8 Å². The van der Waals surface area contributed by atoms with Crippen LogP contribution in [0.25, 0.3) is 0 Å². The third-order valence-corrected chi connectivity index (χ3v) is 9.16. The Morgan fingerprint density at radius 3 is 2.42 bits per heavy atom. The number of carbonyl (C=O) groups excluding carboxylic acids is 2. The van der Waals surface area contributed by atoms with Crippen LogP contribution in [0.3, 0.4) is 0 Å². The molecule has 4 rings (SSSR count). The van der Waals surface area contributed by atoms with Crippen LogP contribution in [0.15, 0.2) is 66.1 Å². The molecule has 2 aliphatic heterocycles. The Bertz CT molecular complexity index is 1270. The molecule has 8 nitrogen and oxygen atoms in total. The van der Waals surface area contributed by atoms with E-state index in [1.54, 1.807) is 12.1 Å². The second kappa shape index (κ2) is 11.4. The number of amides is 2. The molecule has 0 spiro atoms. The second-order valence-electron chi connectivity index (χ2n) is 11.0. The molecule has 0 aliphatic carbocycles. The van der Waals surface area contributed by atoms with Crippen molar-refractivity contribution in [3.8, 4) is 0 Å². The van der Waals surface area contributed by atoms with E-state index in [2.05, 4.69) is 62.2 Å². The Kier molecular flexibility index (Phi) is 8.40. The Hall–Kier alpha value is -3.01. The summed E-state index contributed by atoms with van der Waals surface area (Å²) in [5, 5.41) is 5.64. The molecule has 2 saturated heterocycles. The predicted octanol–water partition coefficient (Wildman–Crippen LogP) is 3.38. The number of piperidine rings is 1. The number of nitrogens with one attached hydrogen (secondary N) is 2. The van der Waals surface area contributed by atoms with Crippen LogP contribution < -0.4 is 10.6 Å². The summed E-state index contributed by atoms with van der Waals surface area (Å²) < 4.78 is 33.9. The number of nitrogens with zero attached hydrogens (tertiary/aromatic N) is 1. The number of hydrogen-bond donors (Lipinski definition) is 2. The van der Waals surface area contributed by atoms with Gasteiger partial charge in [0, 0.05) is 25.2 Å². The molecule has 9 heteroatoms. The van der Waals surface area contributed by atoms with Crippen LogP contribution in [0.2, 0.25) is 0 Å². The van der Waals surface area contributed by atoms with E-state index in [-0.39, 0.29) is 40.7 Å². The molecule has 2 amide bonds. The summed E-state index contributed by atoms with van der Waals surface area (Å²) in [6.07, 6.45) is 2.51. The van der Waals surface area contributed by atoms with Gasteiger partial charge in [-0.3, -0.25) is 9.59 Å². The Morgan fingerprint density at radius 1 is 1.11 bits per heavy atom. The number of sulfonamides is 1. The molecule has 38 heavy (non-hydrogen) atoms. The molecule has 2 aliphatic rings. The molecule has 0 radical (unpaired) electrons. The van der Waals surface area contributed by atoms with Crippen LogP contribution in [0.4, 0.5) is 0 Å². The van der Waals surface area contributed by atoms with Crippen molar-refractivity contribution in [2.24, 2.45) is 5.92 Å². The molecule has 2 heterocycles. The van der Waals surface area contributed by atoms with E-state index < -0.39 is 16.3 Å². The average molecular weight is 540 g/mol. The van der Waals surface area contributed by atoms with Gasteiger partial charge in [0.1, 0.15) is 6.23 Å². The maximum atomic E-state index is 13.3. The van der Waals surface area contributed by atoms with Crippen molar-refractivity contribution in [1.82, 2.24) is 14.9 Å². The fourth-order valence-corrected chi connectivity index (χ4v) is 6.42. The summed E-state index contributed by atoms with van der Waals surface area (Å²) in [4.78, 5) is 24.3. The number of rotatable bonds is 8. The minimum Gasteiger partial charge on any atom is -0.354 e. The van der Waals surface area contributed by atoms with E-state index in [0.717, 1.165) is 5.56 Å². The summed E-state index contributed by atoms with van der Waals surface area (Å²) in [6.45, 7) is 11.1. The molecule has 2 N–H and O–H groups in total. The van der Waals surface area contributed by atoms with Crippen LogP contribution in [-0.2, 0) is 31.4 Å². The first kappa shape index (κ1) is 28.0. The maximum absolute atomic E-state index is 13.3. The quantitative estimate of drug-likeness (QED) is 0.501. The number of hydrogen-bond acceptors (Lipinski definition) is 5. The van der Waals surface area contributed by atoms with Crippen molar-refractivity contribution in [2.75, 3.05) is 19.6 Å². The first-order valence-corrected chi connectivity index (χ1v) is 14.5. The normalized spacial score (nSPS) is 21.9.